The maximum atomic E-state index is 13.0. The minimum absolute atomic E-state index is 0.0653. The van der Waals surface area contributed by atoms with Crippen LogP contribution in [0.25, 0.3) is 0 Å². The summed E-state index contributed by atoms with van der Waals surface area (Å²) in [4.78, 5) is 23.7. The van der Waals surface area contributed by atoms with Gasteiger partial charge in [0.1, 0.15) is 11.5 Å². The lowest BCUT2D eigenvalue weighted by Gasteiger charge is -2.12. The summed E-state index contributed by atoms with van der Waals surface area (Å²) in [6.07, 6.45) is 3.55. The van der Waals surface area contributed by atoms with Crippen molar-refractivity contribution in [3.05, 3.63) is 112 Å². The van der Waals surface area contributed by atoms with E-state index in [1.165, 1.54) is 18.2 Å². The number of aromatic nitrogens is 2. The first-order valence-corrected chi connectivity index (χ1v) is 9.47. The highest BCUT2D eigenvalue weighted by atomic mass is 16.6. The molecule has 1 N–H and O–H groups in total. The van der Waals surface area contributed by atoms with Crippen LogP contribution in [-0.2, 0) is 6.54 Å². The number of amides is 1. The van der Waals surface area contributed by atoms with Gasteiger partial charge in [-0.05, 0) is 42.0 Å². The van der Waals surface area contributed by atoms with Gasteiger partial charge in [0, 0.05) is 30.2 Å². The number of rotatable bonds is 7. The van der Waals surface area contributed by atoms with Crippen molar-refractivity contribution in [3.63, 3.8) is 0 Å². The predicted octanol–water partition coefficient (Wildman–Crippen LogP) is 4.88. The molecule has 1 heterocycles. The van der Waals surface area contributed by atoms with E-state index in [4.69, 9.17) is 4.74 Å². The summed E-state index contributed by atoms with van der Waals surface area (Å²) in [6.45, 7) is 0.551. The smallest absolute Gasteiger partial charge is 0.270 e. The molecule has 4 aromatic rings. The third-order valence-corrected chi connectivity index (χ3v) is 4.48. The molecule has 4 rings (SSSR count). The number of carbonyl (C=O) groups excluding carboxylic acids is 1. The summed E-state index contributed by atoms with van der Waals surface area (Å²) in [6, 6.07) is 22.0. The van der Waals surface area contributed by atoms with Crippen LogP contribution < -0.4 is 10.1 Å². The van der Waals surface area contributed by atoms with Crippen molar-refractivity contribution in [1.82, 2.24) is 9.78 Å². The maximum Gasteiger partial charge on any atom is 0.270 e. The van der Waals surface area contributed by atoms with Crippen molar-refractivity contribution in [3.8, 4) is 11.5 Å². The number of nitro benzene ring substituents is 1. The van der Waals surface area contributed by atoms with Crippen LogP contribution in [0.3, 0.4) is 0 Å². The molecule has 0 bridgehead atoms. The monoisotopic (exact) mass is 414 g/mol. The fourth-order valence-corrected chi connectivity index (χ4v) is 3.04. The molecule has 0 radical (unpaired) electrons. The molecule has 1 aromatic heterocycles. The van der Waals surface area contributed by atoms with Crippen LogP contribution in [0.1, 0.15) is 15.9 Å². The molecule has 0 unspecified atom stereocenters. The van der Waals surface area contributed by atoms with E-state index in [9.17, 15) is 14.9 Å². The van der Waals surface area contributed by atoms with E-state index in [-0.39, 0.29) is 17.0 Å². The Bertz CT molecular complexity index is 1210. The van der Waals surface area contributed by atoms with E-state index in [0.717, 1.165) is 5.56 Å². The minimum Gasteiger partial charge on any atom is -0.457 e. The van der Waals surface area contributed by atoms with Crippen LogP contribution in [0.5, 0.6) is 11.5 Å². The summed E-state index contributed by atoms with van der Waals surface area (Å²) in [5.41, 5.74) is 1.38. The molecule has 0 spiro atoms. The number of nitro groups is 1. The number of benzene rings is 3. The Balaban J connectivity index is 1.59. The zero-order valence-corrected chi connectivity index (χ0v) is 16.3. The lowest BCUT2D eigenvalue weighted by atomic mass is 10.1. The first kappa shape index (κ1) is 19.8. The Labute approximate surface area is 177 Å². The first-order valence-electron chi connectivity index (χ1n) is 9.47. The highest BCUT2D eigenvalue weighted by molar-refractivity contribution is 6.06. The molecule has 0 saturated heterocycles. The maximum absolute atomic E-state index is 13.0. The van der Waals surface area contributed by atoms with E-state index >= 15 is 0 Å². The van der Waals surface area contributed by atoms with Gasteiger partial charge in [0.05, 0.1) is 17.0 Å². The van der Waals surface area contributed by atoms with Crippen LogP contribution >= 0.6 is 0 Å². The highest BCUT2D eigenvalue weighted by Crippen LogP contribution is 2.29. The predicted molar refractivity (Wildman–Crippen MR) is 115 cm³/mol. The third kappa shape index (κ3) is 4.94. The highest BCUT2D eigenvalue weighted by Gasteiger charge is 2.19. The summed E-state index contributed by atoms with van der Waals surface area (Å²) < 4.78 is 7.57. The van der Waals surface area contributed by atoms with Crippen LogP contribution in [0.4, 0.5) is 11.4 Å². The summed E-state index contributed by atoms with van der Waals surface area (Å²) in [5.74, 6) is 0.236. The van der Waals surface area contributed by atoms with E-state index in [1.807, 2.05) is 36.5 Å². The van der Waals surface area contributed by atoms with E-state index in [1.54, 1.807) is 41.2 Å². The van der Waals surface area contributed by atoms with Crippen molar-refractivity contribution < 1.29 is 14.5 Å². The average molecular weight is 414 g/mol. The van der Waals surface area contributed by atoms with Gasteiger partial charge in [-0.15, -0.1) is 0 Å². The van der Waals surface area contributed by atoms with Gasteiger partial charge in [-0.1, -0.05) is 30.3 Å². The molecular weight excluding hydrogens is 396 g/mol. The SMILES string of the molecule is O=C(Nc1cccc(Cn2cccn2)c1)c1cc([N+](=O)[O-])ccc1Oc1ccccc1. The van der Waals surface area contributed by atoms with E-state index in [0.29, 0.717) is 18.0 Å². The first-order chi connectivity index (χ1) is 15.1. The van der Waals surface area contributed by atoms with E-state index < -0.39 is 10.8 Å². The molecule has 0 saturated carbocycles. The Hall–Kier alpha value is -4.46. The van der Waals surface area contributed by atoms with Crippen molar-refractivity contribution in [2.75, 3.05) is 5.32 Å². The number of para-hydroxylation sites is 1. The Morgan fingerprint density at radius 3 is 2.61 bits per heavy atom. The fourth-order valence-electron chi connectivity index (χ4n) is 3.04. The molecule has 8 heteroatoms. The van der Waals surface area contributed by atoms with Crippen molar-refractivity contribution in [2.45, 2.75) is 6.54 Å². The zero-order valence-electron chi connectivity index (χ0n) is 16.3. The standard InChI is InChI=1S/C23H18N4O4/c28-23(25-18-7-4-6-17(14-18)16-26-13-5-12-24-26)21-15-19(27(29)30)10-11-22(21)31-20-8-2-1-3-9-20/h1-15H,16H2,(H,25,28). The van der Waals surface area contributed by atoms with Gasteiger partial charge in [-0.25, -0.2) is 0 Å². The minimum atomic E-state index is -0.548. The lowest BCUT2D eigenvalue weighted by molar-refractivity contribution is -0.384. The second kappa shape index (κ2) is 8.91. The fraction of sp³-hybridized carbons (Fsp3) is 0.0435. The number of nitrogens with zero attached hydrogens (tertiary/aromatic N) is 3. The number of hydrogen-bond donors (Lipinski definition) is 1. The number of carbonyl (C=O) groups is 1. The summed E-state index contributed by atoms with van der Waals surface area (Å²) >= 11 is 0. The van der Waals surface area contributed by atoms with Gasteiger partial charge >= 0.3 is 0 Å². The van der Waals surface area contributed by atoms with E-state index in [2.05, 4.69) is 10.4 Å². The topological polar surface area (TPSA) is 99.3 Å². The molecule has 8 nitrogen and oxygen atoms in total. The van der Waals surface area contributed by atoms with Gasteiger partial charge in [0.2, 0.25) is 0 Å². The van der Waals surface area contributed by atoms with Crippen LogP contribution in [0.15, 0.2) is 91.3 Å². The summed E-state index contributed by atoms with van der Waals surface area (Å²) in [5, 5.41) is 18.2. The van der Waals surface area contributed by atoms with Gasteiger partial charge in [-0.2, -0.15) is 5.10 Å². The quantitative estimate of drug-likeness (QED) is 0.343. The second-order valence-corrected chi connectivity index (χ2v) is 6.71. The van der Waals surface area contributed by atoms with Crippen molar-refractivity contribution in [2.24, 2.45) is 0 Å². The second-order valence-electron chi connectivity index (χ2n) is 6.71. The van der Waals surface area contributed by atoms with Gasteiger partial charge in [-0.3, -0.25) is 19.6 Å². The molecule has 31 heavy (non-hydrogen) atoms. The average Bonchev–Trinajstić information content (AvgIpc) is 3.28. The summed E-state index contributed by atoms with van der Waals surface area (Å²) in [7, 11) is 0. The number of nitrogens with one attached hydrogen (secondary N) is 1. The molecular formula is C23H18N4O4. The molecule has 154 valence electrons. The Morgan fingerprint density at radius 2 is 1.87 bits per heavy atom. The van der Waals surface area contributed by atoms with Crippen LogP contribution in [-0.4, -0.2) is 20.6 Å². The van der Waals surface area contributed by atoms with Gasteiger partial charge < -0.3 is 10.1 Å². The van der Waals surface area contributed by atoms with Gasteiger partial charge in [0.15, 0.2) is 0 Å². The molecule has 0 atom stereocenters. The number of hydrogen-bond acceptors (Lipinski definition) is 5. The van der Waals surface area contributed by atoms with Gasteiger partial charge in [0.25, 0.3) is 11.6 Å². The molecule has 3 aromatic carbocycles. The number of ether oxygens (including phenoxy) is 1. The van der Waals surface area contributed by atoms with Crippen molar-refractivity contribution in [1.29, 1.82) is 0 Å². The molecule has 0 fully saturated rings. The number of anilines is 1. The molecule has 0 aliphatic heterocycles. The lowest BCUT2D eigenvalue weighted by Crippen LogP contribution is -2.14. The number of non-ortho nitro benzene ring substituents is 1. The molecule has 0 aliphatic carbocycles. The largest absolute Gasteiger partial charge is 0.457 e. The Morgan fingerprint density at radius 1 is 1.03 bits per heavy atom. The zero-order chi connectivity index (χ0) is 21.6. The Kier molecular flexibility index (Phi) is 5.70. The normalized spacial score (nSPS) is 10.5. The molecule has 0 aliphatic rings. The van der Waals surface area contributed by atoms with Crippen LogP contribution in [0.2, 0.25) is 0 Å². The van der Waals surface area contributed by atoms with Crippen molar-refractivity contribution >= 4 is 17.3 Å². The molecule has 1 amide bonds. The van der Waals surface area contributed by atoms with Crippen LogP contribution in [0, 0.1) is 10.1 Å². The third-order valence-electron chi connectivity index (χ3n) is 4.48.